The Labute approximate surface area is 148 Å². The van der Waals surface area contributed by atoms with Crippen LogP contribution in [0.4, 0.5) is 0 Å². The average molecular weight is 348 g/mol. The topological polar surface area (TPSA) is 69.7 Å². The van der Waals surface area contributed by atoms with Crippen molar-refractivity contribution in [3.8, 4) is 11.3 Å². The van der Waals surface area contributed by atoms with Crippen molar-refractivity contribution in [2.75, 3.05) is 7.11 Å². The lowest BCUT2D eigenvalue weighted by Crippen LogP contribution is -2.00. The molecular weight excluding hydrogens is 332 g/mol. The van der Waals surface area contributed by atoms with E-state index in [1.165, 1.54) is 7.11 Å². The summed E-state index contributed by atoms with van der Waals surface area (Å²) in [4.78, 5) is 23.9. The zero-order valence-corrected chi connectivity index (χ0v) is 14.6. The number of hydrogen-bond acceptors (Lipinski definition) is 5. The van der Waals surface area contributed by atoms with Crippen LogP contribution in [0, 0.1) is 13.8 Å². The van der Waals surface area contributed by atoms with E-state index in [0.29, 0.717) is 27.9 Å². The van der Waals surface area contributed by atoms with Gasteiger partial charge in [-0.25, -0.2) is 9.59 Å². The van der Waals surface area contributed by atoms with E-state index in [2.05, 4.69) is 0 Å². The molecule has 5 nitrogen and oxygen atoms in total. The number of ether oxygens (including phenoxy) is 1. The normalized spacial score (nSPS) is 11.2. The lowest BCUT2D eigenvalue weighted by Gasteiger charge is -2.03. The minimum atomic E-state index is -0.430. The Hall–Kier alpha value is -3.34. The second kappa shape index (κ2) is 5.88. The summed E-state index contributed by atoms with van der Waals surface area (Å²) in [6.07, 6.45) is 0. The molecule has 130 valence electrons. The Bertz CT molecular complexity index is 1210. The largest absolute Gasteiger partial charge is 0.465 e. The molecule has 4 rings (SSSR count). The average Bonchev–Trinajstić information content (AvgIpc) is 3.09. The van der Waals surface area contributed by atoms with Crippen molar-refractivity contribution in [3.63, 3.8) is 0 Å². The molecule has 2 aromatic heterocycles. The van der Waals surface area contributed by atoms with E-state index in [1.54, 1.807) is 30.3 Å². The number of benzene rings is 2. The molecule has 0 fully saturated rings. The molecule has 0 spiro atoms. The third-order valence-electron chi connectivity index (χ3n) is 4.40. The highest BCUT2D eigenvalue weighted by atomic mass is 16.5. The van der Waals surface area contributed by atoms with E-state index >= 15 is 0 Å². The van der Waals surface area contributed by atoms with E-state index < -0.39 is 11.6 Å². The van der Waals surface area contributed by atoms with Gasteiger partial charge in [0.1, 0.15) is 16.7 Å². The van der Waals surface area contributed by atoms with Gasteiger partial charge in [-0.1, -0.05) is 18.2 Å². The quantitative estimate of drug-likeness (QED) is 0.391. The number of carbonyl (C=O) groups excluding carboxylic acids is 1. The van der Waals surface area contributed by atoms with Crippen molar-refractivity contribution in [1.29, 1.82) is 0 Å². The third-order valence-corrected chi connectivity index (χ3v) is 4.40. The van der Waals surface area contributed by atoms with Gasteiger partial charge < -0.3 is 13.6 Å². The Morgan fingerprint density at radius 3 is 2.35 bits per heavy atom. The van der Waals surface area contributed by atoms with Gasteiger partial charge >= 0.3 is 11.6 Å². The lowest BCUT2D eigenvalue weighted by molar-refractivity contribution is 0.0600. The summed E-state index contributed by atoms with van der Waals surface area (Å²) in [5.41, 5.74) is 3.77. The Balaban J connectivity index is 1.93. The predicted octanol–water partition coefficient (Wildman–Crippen LogP) is 4.61. The second-order valence-corrected chi connectivity index (χ2v) is 6.27. The van der Waals surface area contributed by atoms with Crippen LogP contribution in [0.25, 0.3) is 33.3 Å². The monoisotopic (exact) mass is 348 g/mol. The van der Waals surface area contributed by atoms with Crippen LogP contribution in [0.15, 0.2) is 56.1 Å². The molecule has 0 amide bonds. The zero-order chi connectivity index (χ0) is 18.4. The molecular formula is C21H16O5. The van der Waals surface area contributed by atoms with Crippen molar-refractivity contribution in [2.45, 2.75) is 13.8 Å². The van der Waals surface area contributed by atoms with Crippen LogP contribution in [0.1, 0.15) is 21.5 Å². The van der Waals surface area contributed by atoms with Gasteiger partial charge in [-0.2, -0.15) is 0 Å². The molecule has 0 saturated heterocycles. The fourth-order valence-corrected chi connectivity index (χ4v) is 3.18. The summed E-state index contributed by atoms with van der Waals surface area (Å²) in [5, 5.41) is 1.17. The van der Waals surface area contributed by atoms with Gasteiger partial charge in [0.05, 0.1) is 18.1 Å². The van der Waals surface area contributed by atoms with Gasteiger partial charge in [-0.05, 0) is 49.2 Å². The van der Waals surface area contributed by atoms with Gasteiger partial charge in [-0.3, -0.25) is 0 Å². The van der Waals surface area contributed by atoms with Gasteiger partial charge in [-0.15, -0.1) is 0 Å². The summed E-state index contributed by atoms with van der Waals surface area (Å²) < 4.78 is 16.2. The van der Waals surface area contributed by atoms with Crippen molar-refractivity contribution in [2.24, 2.45) is 0 Å². The lowest BCUT2D eigenvalue weighted by atomic mass is 10.1. The smallest absolute Gasteiger partial charge is 0.347 e. The fraction of sp³-hybridized carbons (Fsp3) is 0.143. The summed E-state index contributed by atoms with van der Waals surface area (Å²) in [5.74, 6) is 0.133. The molecule has 0 unspecified atom stereocenters. The Kier molecular flexibility index (Phi) is 3.65. The van der Waals surface area contributed by atoms with E-state index in [9.17, 15) is 9.59 Å². The van der Waals surface area contributed by atoms with Crippen molar-refractivity contribution < 1.29 is 18.4 Å². The fourth-order valence-electron chi connectivity index (χ4n) is 3.18. The molecule has 0 saturated carbocycles. The maximum absolute atomic E-state index is 12.4. The highest BCUT2D eigenvalue weighted by Gasteiger charge is 2.16. The maximum atomic E-state index is 12.4. The standard InChI is InChI=1S/C21H16O5/c1-11-8-12(2)18-15(9-11)19-16(21(23)26-18)10-17(25-19)13-4-6-14(7-5-13)20(22)24-3/h4-10H,1-3H3. The number of aryl methyl sites for hydroxylation is 2. The second-order valence-electron chi connectivity index (χ2n) is 6.27. The van der Waals surface area contributed by atoms with Crippen molar-refractivity contribution in [3.05, 3.63) is 69.6 Å². The van der Waals surface area contributed by atoms with Crippen LogP contribution in [0.3, 0.4) is 0 Å². The molecule has 0 aliphatic rings. The first-order chi connectivity index (χ1) is 12.5. The van der Waals surface area contributed by atoms with Crippen LogP contribution < -0.4 is 5.63 Å². The Morgan fingerprint density at radius 1 is 0.923 bits per heavy atom. The van der Waals surface area contributed by atoms with Crippen LogP contribution in [-0.2, 0) is 4.74 Å². The molecule has 4 aromatic rings. The molecule has 5 heteroatoms. The number of rotatable bonds is 2. The number of hydrogen-bond donors (Lipinski definition) is 0. The molecule has 0 atom stereocenters. The molecule has 0 radical (unpaired) electrons. The molecule has 2 heterocycles. The van der Waals surface area contributed by atoms with Gasteiger partial charge in [0.15, 0.2) is 5.58 Å². The Morgan fingerprint density at radius 2 is 1.65 bits per heavy atom. The predicted molar refractivity (Wildman–Crippen MR) is 98.5 cm³/mol. The highest BCUT2D eigenvalue weighted by Crippen LogP contribution is 2.32. The van der Waals surface area contributed by atoms with E-state index in [-0.39, 0.29) is 0 Å². The summed E-state index contributed by atoms with van der Waals surface area (Å²) in [6.45, 7) is 3.89. The van der Waals surface area contributed by atoms with E-state index in [0.717, 1.165) is 22.1 Å². The van der Waals surface area contributed by atoms with Gasteiger partial charge in [0.2, 0.25) is 0 Å². The van der Waals surface area contributed by atoms with Crippen molar-refractivity contribution in [1.82, 2.24) is 0 Å². The van der Waals surface area contributed by atoms with E-state index in [4.69, 9.17) is 13.6 Å². The summed E-state index contributed by atoms with van der Waals surface area (Å²) >= 11 is 0. The van der Waals surface area contributed by atoms with Gasteiger partial charge in [0, 0.05) is 5.56 Å². The summed E-state index contributed by atoms with van der Waals surface area (Å²) in [6, 6.07) is 12.4. The minimum absolute atomic E-state index is 0.398. The number of fused-ring (bicyclic) bond motifs is 3. The highest BCUT2D eigenvalue weighted by molar-refractivity contribution is 6.03. The first kappa shape index (κ1) is 16.1. The molecule has 2 aromatic carbocycles. The van der Waals surface area contributed by atoms with Crippen LogP contribution in [0.2, 0.25) is 0 Å². The third kappa shape index (κ3) is 2.49. The van der Waals surface area contributed by atoms with E-state index in [1.807, 2.05) is 26.0 Å². The van der Waals surface area contributed by atoms with Crippen molar-refractivity contribution >= 4 is 27.9 Å². The molecule has 0 aliphatic carbocycles. The number of methoxy groups -OCH3 is 1. The zero-order valence-electron chi connectivity index (χ0n) is 14.6. The summed E-state index contributed by atoms with van der Waals surface area (Å²) in [7, 11) is 1.34. The molecule has 0 aliphatic heterocycles. The molecule has 26 heavy (non-hydrogen) atoms. The number of furan rings is 1. The maximum Gasteiger partial charge on any atom is 0.347 e. The van der Waals surface area contributed by atoms with Crippen LogP contribution in [0.5, 0.6) is 0 Å². The van der Waals surface area contributed by atoms with Crippen LogP contribution >= 0.6 is 0 Å². The number of esters is 1. The first-order valence-electron chi connectivity index (χ1n) is 8.14. The molecule has 0 N–H and O–H groups in total. The SMILES string of the molecule is COC(=O)c1ccc(-c2cc3c(=O)oc4c(C)cc(C)cc4c3o2)cc1. The number of carbonyl (C=O) groups is 1. The first-order valence-corrected chi connectivity index (χ1v) is 8.14. The minimum Gasteiger partial charge on any atom is -0.465 e. The molecule has 0 bridgehead atoms. The van der Waals surface area contributed by atoms with Crippen LogP contribution in [-0.4, -0.2) is 13.1 Å². The van der Waals surface area contributed by atoms with Gasteiger partial charge in [0.25, 0.3) is 0 Å².